The molecule has 1 N–H and O–H groups in total. The molecule has 1 fully saturated rings. The molecule has 1 aliphatic heterocycles. The van der Waals surface area contributed by atoms with Gasteiger partial charge in [0, 0.05) is 6.54 Å². The molecule has 2 rings (SSSR count). The molecule has 20 heavy (non-hydrogen) atoms. The fraction of sp³-hybridized carbons (Fsp3) is 0.538. The molecule has 0 saturated carbocycles. The van der Waals surface area contributed by atoms with E-state index in [1.807, 2.05) is 0 Å². The van der Waals surface area contributed by atoms with E-state index in [1.54, 1.807) is 11.0 Å². The van der Waals surface area contributed by atoms with Crippen molar-refractivity contribution < 1.29 is 22.3 Å². The van der Waals surface area contributed by atoms with Gasteiger partial charge in [0.15, 0.2) is 0 Å². The van der Waals surface area contributed by atoms with Crippen LogP contribution in [0.3, 0.4) is 0 Å². The van der Waals surface area contributed by atoms with E-state index < -0.39 is 15.6 Å². The third-order valence-electron chi connectivity index (χ3n) is 3.55. The number of nitrogens with zero attached hydrogens (tertiary/aromatic N) is 1. The molecule has 0 amide bonds. The van der Waals surface area contributed by atoms with Crippen LogP contribution in [0.25, 0.3) is 0 Å². The highest BCUT2D eigenvalue weighted by Gasteiger charge is 2.32. The van der Waals surface area contributed by atoms with E-state index in [1.165, 1.54) is 18.2 Å². The fourth-order valence-corrected chi connectivity index (χ4v) is 3.48. The summed E-state index contributed by atoms with van der Waals surface area (Å²) in [6, 6.07) is 5.53. The predicted octanol–water partition coefficient (Wildman–Crippen LogP) is 2.03. The Kier molecular flexibility index (Phi) is 4.59. The summed E-state index contributed by atoms with van der Waals surface area (Å²) in [5, 5.41) is 9.39. The zero-order chi connectivity index (χ0) is 14.8. The lowest BCUT2D eigenvalue weighted by Crippen LogP contribution is -2.42. The molecule has 7 heteroatoms. The second-order valence-corrected chi connectivity index (χ2v) is 6.69. The summed E-state index contributed by atoms with van der Waals surface area (Å²) in [6.07, 6.45) is 2.50. The minimum absolute atomic E-state index is 0.122. The molecular weight excluding hydrogens is 288 g/mol. The summed E-state index contributed by atoms with van der Waals surface area (Å²) in [5.41, 5.74) is 0.256. The standard InChI is InChI=1S/C13H17F2NO3S/c14-13(15)20(18,19)12-7-2-1-6-11(12)16-8-4-3-5-10(16)9-17/h1-2,6-7,10,13,17H,3-5,8-9H2. The van der Waals surface area contributed by atoms with Gasteiger partial charge in [-0.15, -0.1) is 0 Å². The zero-order valence-electron chi connectivity index (χ0n) is 10.9. The van der Waals surface area contributed by atoms with Gasteiger partial charge in [0.05, 0.1) is 23.2 Å². The largest absolute Gasteiger partial charge is 0.394 e. The normalized spacial score (nSPS) is 20.4. The maximum absolute atomic E-state index is 12.8. The van der Waals surface area contributed by atoms with E-state index in [0.29, 0.717) is 6.54 Å². The SMILES string of the molecule is O=S(=O)(c1ccccc1N1CCCCC1CO)C(F)F. The number of benzene rings is 1. The molecular formula is C13H17F2NO3S. The summed E-state index contributed by atoms with van der Waals surface area (Å²) in [6.45, 7) is 0.435. The van der Waals surface area contributed by atoms with Crippen LogP contribution < -0.4 is 4.90 Å². The molecule has 0 aromatic heterocycles. The van der Waals surface area contributed by atoms with Crippen molar-refractivity contribution in [3.8, 4) is 0 Å². The first-order chi connectivity index (χ1) is 9.48. The molecule has 0 bridgehead atoms. The molecule has 1 heterocycles. The van der Waals surface area contributed by atoms with Gasteiger partial charge in [0.25, 0.3) is 0 Å². The highest BCUT2D eigenvalue weighted by atomic mass is 32.2. The molecule has 112 valence electrons. The van der Waals surface area contributed by atoms with Crippen LogP contribution in [-0.2, 0) is 9.84 Å². The lowest BCUT2D eigenvalue weighted by Gasteiger charge is -2.37. The number of alkyl halides is 2. The van der Waals surface area contributed by atoms with E-state index in [2.05, 4.69) is 0 Å². The number of halogens is 2. The van der Waals surface area contributed by atoms with Gasteiger partial charge in [0.1, 0.15) is 0 Å². The van der Waals surface area contributed by atoms with E-state index in [0.717, 1.165) is 19.3 Å². The van der Waals surface area contributed by atoms with Gasteiger partial charge in [-0.25, -0.2) is 8.42 Å². The molecule has 1 aromatic carbocycles. The number of sulfone groups is 1. The molecule has 4 nitrogen and oxygen atoms in total. The summed E-state index contributed by atoms with van der Waals surface area (Å²) >= 11 is 0. The Bertz CT molecular complexity index is 562. The Morgan fingerprint density at radius 3 is 2.65 bits per heavy atom. The van der Waals surface area contributed by atoms with Gasteiger partial charge in [-0.3, -0.25) is 0 Å². The van der Waals surface area contributed by atoms with Gasteiger partial charge in [0.2, 0.25) is 9.84 Å². The van der Waals surface area contributed by atoms with Gasteiger partial charge < -0.3 is 10.0 Å². The first kappa shape index (κ1) is 15.2. The second-order valence-electron chi connectivity index (χ2n) is 4.80. The quantitative estimate of drug-likeness (QED) is 0.925. The van der Waals surface area contributed by atoms with Crippen molar-refractivity contribution in [3.63, 3.8) is 0 Å². The summed E-state index contributed by atoms with van der Waals surface area (Å²) in [5.74, 6) is -3.44. The van der Waals surface area contributed by atoms with Crippen molar-refractivity contribution in [1.82, 2.24) is 0 Å². The van der Waals surface area contributed by atoms with Crippen molar-refractivity contribution in [2.45, 2.75) is 36.0 Å². The predicted molar refractivity (Wildman–Crippen MR) is 71.7 cm³/mol. The third-order valence-corrected chi connectivity index (χ3v) is 4.98. The highest BCUT2D eigenvalue weighted by Crippen LogP contribution is 2.32. The maximum Gasteiger partial charge on any atom is 0.341 e. The van der Waals surface area contributed by atoms with E-state index in [9.17, 15) is 22.3 Å². The van der Waals surface area contributed by atoms with Crippen LogP contribution in [0.2, 0.25) is 0 Å². The van der Waals surface area contributed by atoms with Crippen LogP contribution in [-0.4, -0.2) is 38.5 Å². The lowest BCUT2D eigenvalue weighted by atomic mass is 10.0. The number of piperidine rings is 1. The smallest absolute Gasteiger partial charge is 0.341 e. The molecule has 0 aliphatic carbocycles. The van der Waals surface area contributed by atoms with Gasteiger partial charge in [-0.05, 0) is 31.4 Å². The Morgan fingerprint density at radius 1 is 1.30 bits per heavy atom. The molecule has 1 aliphatic rings. The average Bonchev–Trinajstić information content (AvgIpc) is 2.47. The summed E-state index contributed by atoms with van der Waals surface area (Å²) in [7, 11) is -4.65. The highest BCUT2D eigenvalue weighted by molar-refractivity contribution is 7.91. The number of aliphatic hydroxyl groups is 1. The van der Waals surface area contributed by atoms with E-state index >= 15 is 0 Å². The van der Waals surface area contributed by atoms with Crippen LogP contribution in [0, 0.1) is 0 Å². The van der Waals surface area contributed by atoms with Crippen LogP contribution >= 0.6 is 0 Å². The second kappa shape index (κ2) is 6.05. The molecule has 1 saturated heterocycles. The number of anilines is 1. The number of hydrogen-bond donors (Lipinski definition) is 1. The Hall–Kier alpha value is -1.21. The van der Waals surface area contributed by atoms with Crippen LogP contribution in [0.1, 0.15) is 19.3 Å². The van der Waals surface area contributed by atoms with Crippen LogP contribution in [0.4, 0.5) is 14.5 Å². The van der Waals surface area contributed by atoms with Gasteiger partial charge in [-0.1, -0.05) is 12.1 Å². The number of hydrogen-bond acceptors (Lipinski definition) is 4. The molecule has 0 spiro atoms. The number of aliphatic hydroxyl groups excluding tert-OH is 1. The van der Waals surface area contributed by atoms with Crippen molar-refractivity contribution in [2.75, 3.05) is 18.1 Å². The topological polar surface area (TPSA) is 57.6 Å². The molecule has 1 atom stereocenters. The minimum Gasteiger partial charge on any atom is -0.394 e. The molecule has 1 unspecified atom stereocenters. The Balaban J connectivity index is 2.47. The number of rotatable bonds is 4. The molecule has 1 aromatic rings. The average molecular weight is 305 g/mol. The summed E-state index contributed by atoms with van der Waals surface area (Å²) in [4.78, 5) is 1.36. The van der Waals surface area contributed by atoms with Gasteiger partial charge in [-0.2, -0.15) is 8.78 Å². The van der Waals surface area contributed by atoms with Crippen molar-refractivity contribution in [3.05, 3.63) is 24.3 Å². The van der Waals surface area contributed by atoms with Crippen molar-refractivity contribution in [1.29, 1.82) is 0 Å². The third kappa shape index (κ3) is 2.78. The van der Waals surface area contributed by atoms with Crippen molar-refractivity contribution >= 4 is 15.5 Å². The van der Waals surface area contributed by atoms with E-state index in [-0.39, 0.29) is 23.2 Å². The summed E-state index contributed by atoms with van der Waals surface area (Å²) < 4.78 is 49.0. The fourth-order valence-electron chi connectivity index (χ4n) is 2.54. The minimum atomic E-state index is -4.65. The molecule has 0 radical (unpaired) electrons. The maximum atomic E-state index is 12.8. The van der Waals surface area contributed by atoms with Crippen molar-refractivity contribution in [2.24, 2.45) is 0 Å². The monoisotopic (exact) mass is 305 g/mol. The van der Waals surface area contributed by atoms with Gasteiger partial charge >= 0.3 is 5.76 Å². The Morgan fingerprint density at radius 2 is 2.00 bits per heavy atom. The first-order valence-electron chi connectivity index (χ1n) is 6.47. The van der Waals surface area contributed by atoms with Crippen LogP contribution in [0.15, 0.2) is 29.2 Å². The van der Waals surface area contributed by atoms with E-state index in [4.69, 9.17) is 0 Å². The van der Waals surface area contributed by atoms with Crippen LogP contribution in [0.5, 0.6) is 0 Å². The first-order valence-corrected chi connectivity index (χ1v) is 8.01. The zero-order valence-corrected chi connectivity index (χ0v) is 11.7. The lowest BCUT2D eigenvalue weighted by molar-refractivity contribution is 0.234. The Labute approximate surface area is 116 Å². The number of para-hydroxylation sites is 1.